The fraction of sp³-hybridized carbons (Fsp3) is 0.500. The van der Waals surface area contributed by atoms with Crippen LogP contribution in [0.3, 0.4) is 0 Å². The molecule has 2 N–H and O–H groups in total. The molecule has 0 unspecified atom stereocenters. The molecule has 0 saturated heterocycles. The van der Waals surface area contributed by atoms with E-state index in [1.165, 1.54) is 0 Å². The summed E-state index contributed by atoms with van der Waals surface area (Å²) in [6.45, 7) is 4.31. The number of carbonyl (C=O) groups is 1. The number of amides is 1. The summed E-state index contributed by atoms with van der Waals surface area (Å²) >= 11 is 0. The van der Waals surface area contributed by atoms with Crippen LogP contribution in [0.1, 0.15) is 13.3 Å². The summed E-state index contributed by atoms with van der Waals surface area (Å²) in [6.07, 6.45) is 0.441. The predicted octanol–water partition coefficient (Wildman–Crippen LogP) is 1.65. The van der Waals surface area contributed by atoms with Gasteiger partial charge in [-0.25, -0.2) is 0 Å². The third kappa shape index (κ3) is 6.67. The number of rotatable bonds is 9. The van der Waals surface area contributed by atoms with Gasteiger partial charge in [-0.15, -0.1) is 0 Å². The van der Waals surface area contributed by atoms with Crippen molar-refractivity contribution >= 4 is 11.6 Å². The summed E-state index contributed by atoms with van der Waals surface area (Å²) in [5, 5.41) is 5.96. The van der Waals surface area contributed by atoms with Crippen molar-refractivity contribution in [1.29, 1.82) is 0 Å². The number of benzene rings is 1. The first-order chi connectivity index (χ1) is 9.26. The molecule has 0 fully saturated rings. The number of anilines is 1. The third-order valence-corrected chi connectivity index (χ3v) is 2.47. The van der Waals surface area contributed by atoms with Crippen LogP contribution >= 0.6 is 0 Å². The van der Waals surface area contributed by atoms with E-state index in [4.69, 9.17) is 9.47 Å². The van der Waals surface area contributed by atoms with Gasteiger partial charge in [0, 0.05) is 32.3 Å². The Bertz CT molecular complexity index is 365. The summed E-state index contributed by atoms with van der Waals surface area (Å²) < 4.78 is 10.2. The van der Waals surface area contributed by atoms with Gasteiger partial charge in [-0.05, 0) is 31.2 Å². The van der Waals surface area contributed by atoms with E-state index in [1.807, 2.05) is 31.2 Å². The van der Waals surface area contributed by atoms with Crippen LogP contribution in [0.25, 0.3) is 0 Å². The first-order valence-corrected chi connectivity index (χ1v) is 6.48. The van der Waals surface area contributed by atoms with Crippen molar-refractivity contribution in [3.8, 4) is 5.75 Å². The lowest BCUT2D eigenvalue weighted by atomic mass is 10.3. The zero-order chi connectivity index (χ0) is 13.9. The summed E-state index contributed by atoms with van der Waals surface area (Å²) in [6, 6.07) is 7.69. The Morgan fingerprint density at radius 1 is 1.21 bits per heavy atom. The monoisotopic (exact) mass is 266 g/mol. The number of hydrogen-bond acceptors (Lipinski definition) is 4. The third-order valence-electron chi connectivity index (χ3n) is 2.47. The quantitative estimate of drug-likeness (QED) is 0.667. The molecule has 1 aromatic rings. The summed E-state index contributed by atoms with van der Waals surface area (Å²) in [7, 11) is 1.61. The molecule has 0 spiro atoms. The van der Waals surface area contributed by atoms with Crippen LogP contribution < -0.4 is 15.4 Å². The van der Waals surface area contributed by atoms with Crippen molar-refractivity contribution in [2.45, 2.75) is 13.3 Å². The number of ether oxygens (including phenoxy) is 2. The van der Waals surface area contributed by atoms with Crippen molar-refractivity contribution < 1.29 is 14.3 Å². The highest BCUT2D eigenvalue weighted by Crippen LogP contribution is 2.15. The minimum absolute atomic E-state index is 0.0236. The van der Waals surface area contributed by atoms with E-state index in [9.17, 15) is 4.79 Å². The molecule has 0 saturated carbocycles. The molecule has 106 valence electrons. The van der Waals surface area contributed by atoms with Gasteiger partial charge in [0.25, 0.3) is 0 Å². The Balaban J connectivity index is 2.19. The van der Waals surface area contributed by atoms with Crippen LogP contribution in [-0.4, -0.2) is 39.3 Å². The van der Waals surface area contributed by atoms with E-state index in [0.29, 0.717) is 32.7 Å². The van der Waals surface area contributed by atoms with Gasteiger partial charge in [0.15, 0.2) is 0 Å². The van der Waals surface area contributed by atoms with E-state index in [2.05, 4.69) is 10.6 Å². The highest BCUT2D eigenvalue weighted by Gasteiger charge is 2.00. The molecule has 0 aromatic heterocycles. The summed E-state index contributed by atoms with van der Waals surface area (Å²) in [5.41, 5.74) is 0.980. The molecule has 0 heterocycles. The van der Waals surface area contributed by atoms with Crippen molar-refractivity contribution in [2.24, 2.45) is 0 Å². The van der Waals surface area contributed by atoms with Gasteiger partial charge < -0.3 is 20.1 Å². The average Bonchev–Trinajstić information content (AvgIpc) is 2.41. The minimum atomic E-state index is 0.0236. The molecule has 0 aliphatic carbocycles. The second-order valence-electron chi connectivity index (χ2n) is 3.98. The van der Waals surface area contributed by atoms with Crippen molar-refractivity contribution in [3.05, 3.63) is 24.3 Å². The second-order valence-corrected chi connectivity index (χ2v) is 3.98. The van der Waals surface area contributed by atoms with Crippen LogP contribution in [0.15, 0.2) is 24.3 Å². The van der Waals surface area contributed by atoms with Crippen LogP contribution in [-0.2, 0) is 9.53 Å². The molecular weight excluding hydrogens is 244 g/mol. The van der Waals surface area contributed by atoms with Gasteiger partial charge in [-0.3, -0.25) is 4.79 Å². The van der Waals surface area contributed by atoms with Crippen LogP contribution in [0.5, 0.6) is 5.75 Å². The summed E-state index contributed by atoms with van der Waals surface area (Å²) in [4.78, 5) is 11.4. The number of nitrogens with one attached hydrogen (secondary N) is 2. The predicted molar refractivity (Wildman–Crippen MR) is 75.6 cm³/mol. The van der Waals surface area contributed by atoms with Gasteiger partial charge in [0.05, 0.1) is 13.2 Å². The minimum Gasteiger partial charge on any atom is -0.494 e. The normalized spacial score (nSPS) is 10.0. The van der Waals surface area contributed by atoms with Crippen LogP contribution in [0.2, 0.25) is 0 Å². The molecule has 1 amide bonds. The average molecular weight is 266 g/mol. The molecule has 0 radical (unpaired) electrons. The molecule has 5 heteroatoms. The van der Waals surface area contributed by atoms with Gasteiger partial charge >= 0.3 is 0 Å². The zero-order valence-electron chi connectivity index (χ0n) is 11.6. The Morgan fingerprint density at radius 2 is 1.95 bits per heavy atom. The fourth-order valence-electron chi connectivity index (χ4n) is 1.54. The van der Waals surface area contributed by atoms with Crippen LogP contribution in [0, 0.1) is 0 Å². The lowest BCUT2D eigenvalue weighted by molar-refractivity contribution is -0.121. The Hall–Kier alpha value is -1.75. The van der Waals surface area contributed by atoms with Gasteiger partial charge in [-0.1, -0.05) is 0 Å². The Kier molecular flexibility index (Phi) is 7.43. The number of hydrogen-bond donors (Lipinski definition) is 2. The fourth-order valence-corrected chi connectivity index (χ4v) is 1.54. The van der Waals surface area contributed by atoms with Crippen molar-refractivity contribution in [2.75, 3.05) is 38.7 Å². The van der Waals surface area contributed by atoms with Gasteiger partial charge in [0.2, 0.25) is 5.91 Å². The SMILES string of the molecule is CCOc1ccc(NCCC(=O)NCCOC)cc1. The molecule has 5 nitrogen and oxygen atoms in total. The van der Waals surface area contributed by atoms with Crippen molar-refractivity contribution in [3.63, 3.8) is 0 Å². The molecule has 19 heavy (non-hydrogen) atoms. The topological polar surface area (TPSA) is 59.6 Å². The van der Waals surface area contributed by atoms with E-state index in [-0.39, 0.29) is 5.91 Å². The molecular formula is C14H22N2O3. The van der Waals surface area contributed by atoms with Gasteiger partial charge in [0.1, 0.15) is 5.75 Å². The Morgan fingerprint density at radius 3 is 2.58 bits per heavy atom. The molecule has 1 aromatic carbocycles. The highest BCUT2D eigenvalue weighted by atomic mass is 16.5. The summed E-state index contributed by atoms with van der Waals surface area (Å²) in [5.74, 6) is 0.876. The smallest absolute Gasteiger partial charge is 0.221 e. The molecule has 0 bridgehead atoms. The maximum atomic E-state index is 11.4. The number of methoxy groups -OCH3 is 1. The van der Waals surface area contributed by atoms with E-state index >= 15 is 0 Å². The van der Waals surface area contributed by atoms with Crippen molar-refractivity contribution in [1.82, 2.24) is 5.32 Å². The Labute approximate surface area is 114 Å². The first kappa shape index (κ1) is 15.3. The molecule has 1 rings (SSSR count). The zero-order valence-corrected chi connectivity index (χ0v) is 11.6. The maximum absolute atomic E-state index is 11.4. The molecule has 0 atom stereocenters. The highest BCUT2D eigenvalue weighted by molar-refractivity contribution is 5.76. The van der Waals surface area contributed by atoms with Crippen LogP contribution in [0.4, 0.5) is 5.69 Å². The van der Waals surface area contributed by atoms with E-state index < -0.39 is 0 Å². The van der Waals surface area contributed by atoms with E-state index in [1.54, 1.807) is 7.11 Å². The standard InChI is InChI=1S/C14H22N2O3/c1-3-19-13-6-4-12(5-7-13)15-9-8-14(17)16-10-11-18-2/h4-7,15H,3,8-11H2,1-2H3,(H,16,17). The molecule has 0 aliphatic rings. The van der Waals surface area contributed by atoms with E-state index in [0.717, 1.165) is 11.4 Å². The number of carbonyl (C=O) groups excluding carboxylic acids is 1. The largest absolute Gasteiger partial charge is 0.494 e. The van der Waals surface area contributed by atoms with Gasteiger partial charge in [-0.2, -0.15) is 0 Å². The lowest BCUT2D eigenvalue weighted by Gasteiger charge is -2.08. The maximum Gasteiger partial charge on any atom is 0.221 e. The molecule has 0 aliphatic heterocycles. The first-order valence-electron chi connectivity index (χ1n) is 6.48. The lowest BCUT2D eigenvalue weighted by Crippen LogP contribution is -2.28. The second kappa shape index (κ2) is 9.22.